The summed E-state index contributed by atoms with van der Waals surface area (Å²) in [4.78, 5) is 34.8. The number of nitrogens with two attached hydrogens (primary N) is 1. The fraction of sp³-hybridized carbons (Fsp3) is 0.105. The molecule has 0 aromatic heterocycles. The molecule has 14 heteroatoms. The first-order valence-electron chi connectivity index (χ1n) is 15.7. The first-order valence-corrected chi connectivity index (χ1v) is 17.6. The van der Waals surface area contributed by atoms with Crippen molar-refractivity contribution in [2.45, 2.75) is 24.8 Å². The normalized spacial score (nSPS) is 11.1. The molecule has 5 aromatic rings. The topological polar surface area (TPSA) is 213 Å². The van der Waals surface area contributed by atoms with E-state index in [0.29, 0.717) is 45.4 Å². The van der Waals surface area contributed by atoms with E-state index in [1.807, 2.05) is 37.3 Å². The third-order valence-electron chi connectivity index (χ3n) is 7.27. The van der Waals surface area contributed by atoms with Crippen LogP contribution in [0.3, 0.4) is 0 Å². The number of carbonyl (C=O) groups excluding carboxylic acids is 2. The third-order valence-corrected chi connectivity index (χ3v) is 8.40. The summed E-state index contributed by atoms with van der Waals surface area (Å²) in [5, 5.41) is 26.8. The molecule has 13 nitrogen and oxygen atoms in total. The Hall–Kier alpha value is -6.67. The largest absolute Gasteiger partial charge is 0.481 e. The SMILES string of the molecule is CC(=O)O.CC(Nc1ccccc1NC(=O)Nc1ccc(C(=N)N)cc1)c1ccc(C(=O)Nc2ccc(Oc3ccc(S(C)(=O)=O)cc3)cc2)cc1. The molecular weight excluding hydrogens is 685 g/mol. The van der Waals surface area contributed by atoms with Crippen LogP contribution in [0.4, 0.5) is 27.5 Å². The second-order valence-corrected chi connectivity index (χ2v) is 13.5. The van der Waals surface area contributed by atoms with Crippen LogP contribution < -0.4 is 31.7 Å². The Morgan fingerprint density at radius 2 is 1.19 bits per heavy atom. The van der Waals surface area contributed by atoms with Crippen molar-refractivity contribution in [3.63, 3.8) is 0 Å². The highest BCUT2D eigenvalue weighted by molar-refractivity contribution is 7.90. The van der Waals surface area contributed by atoms with Crippen LogP contribution in [0, 0.1) is 5.41 Å². The summed E-state index contributed by atoms with van der Waals surface area (Å²) < 4.78 is 29.1. The van der Waals surface area contributed by atoms with Crippen LogP contribution in [0.25, 0.3) is 0 Å². The van der Waals surface area contributed by atoms with Crippen LogP contribution in [-0.4, -0.2) is 43.5 Å². The van der Waals surface area contributed by atoms with Gasteiger partial charge in [0.1, 0.15) is 17.3 Å². The predicted molar refractivity (Wildman–Crippen MR) is 202 cm³/mol. The average molecular weight is 723 g/mol. The lowest BCUT2D eigenvalue weighted by molar-refractivity contribution is -0.134. The summed E-state index contributed by atoms with van der Waals surface area (Å²) in [6, 6.07) is 33.6. The van der Waals surface area contributed by atoms with Gasteiger partial charge in [-0.25, -0.2) is 13.2 Å². The van der Waals surface area contributed by atoms with E-state index in [2.05, 4.69) is 21.3 Å². The Morgan fingerprint density at radius 3 is 1.73 bits per heavy atom. The number of nitrogen functional groups attached to an aromatic ring is 1. The van der Waals surface area contributed by atoms with Crippen molar-refractivity contribution in [1.29, 1.82) is 5.41 Å². The van der Waals surface area contributed by atoms with Gasteiger partial charge in [-0.1, -0.05) is 24.3 Å². The molecule has 0 saturated heterocycles. The van der Waals surface area contributed by atoms with Crippen molar-refractivity contribution in [2.24, 2.45) is 5.73 Å². The summed E-state index contributed by atoms with van der Waals surface area (Å²) in [5.74, 6) is -0.137. The number of urea groups is 1. The molecule has 0 aliphatic rings. The molecule has 52 heavy (non-hydrogen) atoms. The van der Waals surface area contributed by atoms with Gasteiger partial charge >= 0.3 is 6.03 Å². The second kappa shape index (κ2) is 17.3. The molecule has 3 amide bonds. The van der Waals surface area contributed by atoms with Crippen LogP contribution in [0.5, 0.6) is 11.5 Å². The Balaban J connectivity index is 0.00000144. The fourth-order valence-corrected chi connectivity index (χ4v) is 5.31. The van der Waals surface area contributed by atoms with Crippen molar-refractivity contribution < 1.29 is 32.6 Å². The van der Waals surface area contributed by atoms with E-state index in [-0.39, 0.29) is 22.7 Å². The summed E-state index contributed by atoms with van der Waals surface area (Å²) in [5.41, 5.74) is 9.91. The van der Waals surface area contributed by atoms with E-state index in [4.69, 9.17) is 25.8 Å². The number of amidine groups is 1. The number of rotatable bonds is 11. The number of nitrogens with one attached hydrogen (secondary N) is 5. The summed E-state index contributed by atoms with van der Waals surface area (Å²) >= 11 is 0. The predicted octanol–water partition coefficient (Wildman–Crippen LogP) is 7.33. The smallest absolute Gasteiger partial charge is 0.323 e. The zero-order valence-electron chi connectivity index (χ0n) is 28.5. The zero-order valence-corrected chi connectivity index (χ0v) is 29.3. The number of sulfone groups is 1. The highest BCUT2D eigenvalue weighted by Crippen LogP contribution is 2.28. The van der Waals surface area contributed by atoms with Crippen molar-refractivity contribution >= 4 is 56.3 Å². The Kier molecular flexibility index (Phi) is 12.7. The molecular formula is C38H38N6O7S. The molecule has 0 heterocycles. The Morgan fingerprint density at radius 1 is 0.712 bits per heavy atom. The minimum absolute atomic E-state index is 0.0492. The Bertz CT molecular complexity index is 2130. The summed E-state index contributed by atoms with van der Waals surface area (Å²) in [6.45, 7) is 3.06. The van der Waals surface area contributed by atoms with Gasteiger partial charge in [0.15, 0.2) is 9.84 Å². The van der Waals surface area contributed by atoms with Gasteiger partial charge in [0, 0.05) is 41.7 Å². The number of hydrogen-bond donors (Lipinski definition) is 7. The minimum Gasteiger partial charge on any atom is -0.481 e. The number of aliphatic carboxylic acids is 1. The molecule has 1 atom stereocenters. The maximum absolute atomic E-state index is 12.9. The van der Waals surface area contributed by atoms with Gasteiger partial charge in [-0.15, -0.1) is 0 Å². The second-order valence-electron chi connectivity index (χ2n) is 11.4. The number of carboxylic acid groups (broad SMARTS) is 1. The first kappa shape index (κ1) is 38.1. The van der Waals surface area contributed by atoms with Crippen LogP contribution in [0.1, 0.15) is 41.4 Å². The molecule has 0 saturated carbocycles. The highest BCUT2D eigenvalue weighted by Gasteiger charge is 2.13. The van der Waals surface area contributed by atoms with E-state index in [9.17, 15) is 18.0 Å². The maximum atomic E-state index is 12.9. The fourth-order valence-electron chi connectivity index (χ4n) is 4.68. The van der Waals surface area contributed by atoms with E-state index in [0.717, 1.165) is 18.7 Å². The van der Waals surface area contributed by atoms with E-state index in [1.165, 1.54) is 12.1 Å². The molecule has 0 aliphatic heterocycles. The van der Waals surface area contributed by atoms with E-state index < -0.39 is 21.8 Å². The van der Waals surface area contributed by atoms with Crippen LogP contribution >= 0.6 is 0 Å². The minimum atomic E-state index is -3.29. The van der Waals surface area contributed by atoms with E-state index in [1.54, 1.807) is 78.9 Å². The maximum Gasteiger partial charge on any atom is 0.323 e. The molecule has 0 aliphatic carbocycles. The average Bonchev–Trinajstić information content (AvgIpc) is 3.10. The quantitative estimate of drug-likeness (QED) is 0.0536. The molecule has 8 N–H and O–H groups in total. The lowest BCUT2D eigenvalue weighted by Crippen LogP contribution is -2.21. The van der Waals surface area contributed by atoms with Crippen LogP contribution in [0.15, 0.2) is 126 Å². The lowest BCUT2D eigenvalue weighted by atomic mass is 10.0. The number of ether oxygens (including phenoxy) is 1. The van der Waals surface area contributed by atoms with Gasteiger partial charge in [-0.05, 0) is 110 Å². The number of anilines is 4. The molecule has 268 valence electrons. The summed E-state index contributed by atoms with van der Waals surface area (Å²) in [6.07, 6.45) is 1.15. The molecule has 5 aromatic carbocycles. The van der Waals surface area contributed by atoms with Crippen molar-refractivity contribution in [1.82, 2.24) is 0 Å². The lowest BCUT2D eigenvalue weighted by Gasteiger charge is -2.19. The number of para-hydroxylation sites is 2. The summed E-state index contributed by atoms with van der Waals surface area (Å²) in [7, 11) is -3.29. The van der Waals surface area contributed by atoms with Gasteiger partial charge in [-0.2, -0.15) is 0 Å². The van der Waals surface area contributed by atoms with Crippen molar-refractivity contribution in [3.8, 4) is 11.5 Å². The molecule has 0 fully saturated rings. The first-order chi connectivity index (χ1) is 24.7. The number of carbonyl (C=O) groups is 3. The van der Waals surface area contributed by atoms with Gasteiger partial charge in [0.2, 0.25) is 0 Å². The van der Waals surface area contributed by atoms with Crippen molar-refractivity contribution in [3.05, 3.63) is 138 Å². The number of amides is 3. The zero-order chi connectivity index (χ0) is 37.8. The number of benzene rings is 5. The highest BCUT2D eigenvalue weighted by atomic mass is 32.2. The Labute approximate surface area is 301 Å². The van der Waals surface area contributed by atoms with Gasteiger partial charge < -0.3 is 36.8 Å². The van der Waals surface area contributed by atoms with Gasteiger partial charge in [-0.3, -0.25) is 15.0 Å². The third kappa shape index (κ3) is 11.5. The van der Waals surface area contributed by atoms with Crippen molar-refractivity contribution in [2.75, 3.05) is 27.5 Å². The molecule has 5 rings (SSSR count). The van der Waals surface area contributed by atoms with Crippen LogP contribution in [0.2, 0.25) is 0 Å². The molecule has 0 spiro atoms. The van der Waals surface area contributed by atoms with E-state index >= 15 is 0 Å². The van der Waals surface area contributed by atoms with Gasteiger partial charge in [0.25, 0.3) is 11.9 Å². The number of hydrogen-bond acceptors (Lipinski definition) is 8. The van der Waals surface area contributed by atoms with Gasteiger partial charge in [0.05, 0.1) is 16.3 Å². The van der Waals surface area contributed by atoms with Crippen LogP contribution in [-0.2, 0) is 14.6 Å². The molecule has 0 radical (unpaired) electrons. The molecule has 0 bridgehead atoms. The molecule has 1 unspecified atom stereocenters. The number of carboxylic acids is 1. The standard InChI is InChI=1S/C36H34N6O5S.C2H4O2/c1-23(39-32-5-3-4-6-33(32)42-36(44)41-28-13-11-25(12-14-28)34(37)38)24-7-9-26(10-8-24)35(43)40-27-15-17-29(18-16-27)47-30-19-21-31(22-20-30)48(2,45)46;1-2(3)4/h3-23,39H,1-2H3,(H3,37,38)(H,40,43)(H2,41,42,44);1H3,(H,3,4). The monoisotopic (exact) mass is 722 g/mol.